The van der Waals surface area contributed by atoms with Crippen LogP contribution >= 0.6 is 0 Å². The molecule has 17 heavy (non-hydrogen) atoms. The van der Waals surface area contributed by atoms with Crippen molar-refractivity contribution in [2.24, 2.45) is 5.92 Å². The first kappa shape index (κ1) is 12.4. The van der Waals surface area contributed by atoms with Crippen LogP contribution in [0.4, 0.5) is 5.69 Å². The molecule has 0 aromatic heterocycles. The van der Waals surface area contributed by atoms with Crippen LogP contribution in [-0.4, -0.2) is 21.5 Å². The molecule has 0 bridgehead atoms. The lowest BCUT2D eigenvalue weighted by Gasteiger charge is -2.11. The van der Waals surface area contributed by atoms with Crippen LogP contribution in [0.1, 0.15) is 19.8 Å². The van der Waals surface area contributed by atoms with E-state index < -0.39 is 10.0 Å². The van der Waals surface area contributed by atoms with Crippen LogP contribution in [0.25, 0.3) is 0 Å². The van der Waals surface area contributed by atoms with Gasteiger partial charge in [0.2, 0.25) is 10.0 Å². The molecule has 4 nitrogen and oxygen atoms in total. The Morgan fingerprint density at radius 2 is 2.00 bits per heavy atom. The maximum absolute atomic E-state index is 12.1. The Bertz CT molecular complexity index is 481. The summed E-state index contributed by atoms with van der Waals surface area (Å²) < 4.78 is 26.9. The minimum Gasteiger partial charge on any atom is -0.384 e. The zero-order valence-corrected chi connectivity index (χ0v) is 10.8. The van der Waals surface area contributed by atoms with Crippen molar-refractivity contribution >= 4 is 15.7 Å². The van der Waals surface area contributed by atoms with Crippen LogP contribution < -0.4 is 10.0 Å². The molecule has 1 aliphatic rings. The van der Waals surface area contributed by atoms with E-state index in [-0.39, 0.29) is 0 Å². The molecule has 0 amide bonds. The van der Waals surface area contributed by atoms with Gasteiger partial charge in [0.1, 0.15) is 4.90 Å². The Hall–Kier alpha value is -1.07. The topological polar surface area (TPSA) is 58.2 Å². The van der Waals surface area contributed by atoms with E-state index in [0.717, 1.165) is 12.8 Å². The third-order valence-electron chi connectivity index (χ3n) is 2.80. The van der Waals surface area contributed by atoms with Crippen molar-refractivity contribution in [3.05, 3.63) is 24.3 Å². The predicted molar refractivity (Wildman–Crippen MR) is 68.5 cm³/mol. The van der Waals surface area contributed by atoms with Gasteiger partial charge in [-0.15, -0.1) is 0 Å². The number of nitrogens with one attached hydrogen (secondary N) is 2. The minimum atomic E-state index is -3.38. The van der Waals surface area contributed by atoms with Crippen LogP contribution in [0.15, 0.2) is 29.2 Å². The Morgan fingerprint density at radius 1 is 1.29 bits per heavy atom. The normalized spacial score (nSPS) is 15.8. The molecule has 1 aliphatic carbocycles. The number of sulfonamides is 1. The highest BCUT2D eigenvalue weighted by Crippen LogP contribution is 2.28. The molecule has 1 saturated carbocycles. The van der Waals surface area contributed by atoms with Crippen molar-refractivity contribution in [3.8, 4) is 0 Å². The third-order valence-corrected chi connectivity index (χ3v) is 4.28. The van der Waals surface area contributed by atoms with Gasteiger partial charge >= 0.3 is 0 Å². The van der Waals surface area contributed by atoms with Gasteiger partial charge in [0.05, 0.1) is 5.69 Å². The molecular formula is C12H18N2O2S. The number of benzene rings is 1. The van der Waals surface area contributed by atoms with Crippen LogP contribution in [-0.2, 0) is 10.0 Å². The molecule has 0 spiro atoms. The maximum Gasteiger partial charge on any atom is 0.242 e. The predicted octanol–water partition coefficient (Wildman–Crippen LogP) is 1.81. The minimum absolute atomic E-state index is 0.336. The second-order valence-electron chi connectivity index (χ2n) is 4.32. The lowest BCUT2D eigenvalue weighted by molar-refractivity contribution is 0.578. The first-order valence-electron chi connectivity index (χ1n) is 5.96. The Morgan fingerprint density at radius 3 is 2.65 bits per heavy atom. The van der Waals surface area contributed by atoms with E-state index in [2.05, 4.69) is 10.0 Å². The van der Waals surface area contributed by atoms with Crippen molar-refractivity contribution in [2.75, 3.05) is 18.4 Å². The summed E-state index contributed by atoms with van der Waals surface area (Å²) in [6.45, 7) is 3.21. The van der Waals surface area contributed by atoms with Crippen molar-refractivity contribution in [1.29, 1.82) is 0 Å². The van der Waals surface area contributed by atoms with Gasteiger partial charge in [0, 0.05) is 13.1 Å². The molecule has 0 atom stereocenters. The van der Waals surface area contributed by atoms with Gasteiger partial charge in [-0.05, 0) is 37.8 Å². The third kappa shape index (κ3) is 3.20. The van der Waals surface area contributed by atoms with Crippen LogP contribution in [0.3, 0.4) is 0 Å². The van der Waals surface area contributed by atoms with Gasteiger partial charge in [0.15, 0.2) is 0 Å². The van der Waals surface area contributed by atoms with Gasteiger partial charge in [-0.25, -0.2) is 13.1 Å². The average molecular weight is 254 g/mol. The maximum atomic E-state index is 12.1. The molecule has 0 saturated heterocycles. The number of hydrogen-bond acceptors (Lipinski definition) is 3. The first-order chi connectivity index (χ1) is 8.13. The summed E-state index contributed by atoms with van der Waals surface area (Å²) in [5.41, 5.74) is 0.665. The summed E-state index contributed by atoms with van der Waals surface area (Å²) >= 11 is 0. The average Bonchev–Trinajstić information content (AvgIpc) is 3.11. The largest absolute Gasteiger partial charge is 0.384 e. The summed E-state index contributed by atoms with van der Waals surface area (Å²) in [4.78, 5) is 0.336. The Labute approximate surface area is 102 Å². The van der Waals surface area contributed by atoms with Crippen molar-refractivity contribution in [2.45, 2.75) is 24.7 Å². The number of rotatable bonds is 6. The zero-order valence-electron chi connectivity index (χ0n) is 9.94. The number of anilines is 1. The van der Waals surface area contributed by atoms with E-state index in [1.54, 1.807) is 18.2 Å². The molecule has 1 aromatic rings. The standard InChI is InChI=1S/C12H18N2O2S/c1-2-13-11-5-3-4-6-12(11)17(15,16)14-9-10-7-8-10/h3-6,10,13-14H,2,7-9H2,1H3. The fourth-order valence-electron chi connectivity index (χ4n) is 1.66. The number of hydrogen-bond donors (Lipinski definition) is 2. The van der Waals surface area contributed by atoms with E-state index in [9.17, 15) is 8.42 Å². The molecular weight excluding hydrogens is 236 g/mol. The zero-order chi connectivity index (χ0) is 12.3. The smallest absolute Gasteiger partial charge is 0.242 e. The summed E-state index contributed by atoms with van der Waals surface area (Å²) in [5.74, 6) is 0.538. The molecule has 0 unspecified atom stereocenters. The number of para-hydroxylation sites is 1. The summed E-state index contributed by atoms with van der Waals surface area (Å²) in [7, 11) is -3.38. The molecule has 2 N–H and O–H groups in total. The fourth-order valence-corrected chi connectivity index (χ4v) is 2.96. The van der Waals surface area contributed by atoms with Gasteiger partial charge < -0.3 is 5.32 Å². The van der Waals surface area contributed by atoms with Crippen molar-refractivity contribution in [1.82, 2.24) is 4.72 Å². The second kappa shape index (κ2) is 5.06. The lowest BCUT2D eigenvalue weighted by Crippen LogP contribution is -2.26. The molecule has 0 heterocycles. The lowest BCUT2D eigenvalue weighted by atomic mass is 10.3. The van der Waals surface area contributed by atoms with Crippen LogP contribution in [0.5, 0.6) is 0 Å². The molecule has 1 aromatic carbocycles. The second-order valence-corrected chi connectivity index (χ2v) is 6.06. The van der Waals surface area contributed by atoms with Crippen LogP contribution in [0.2, 0.25) is 0 Å². The van der Waals surface area contributed by atoms with E-state index in [4.69, 9.17) is 0 Å². The highest BCUT2D eigenvalue weighted by Gasteiger charge is 2.25. The SMILES string of the molecule is CCNc1ccccc1S(=O)(=O)NCC1CC1. The molecule has 0 aliphatic heterocycles. The summed E-state index contributed by atoms with van der Waals surface area (Å²) in [6.07, 6.45) is 2.27. The molecule has 94 valence electrons. The Balaban J connectivity index is 2.18. The van der Waals surface area contributed by atoms with E-state index in [1.807, 2.05) is 13.0 Å². The Kier molecular flexibility index (Phi) is 3.69. The van der Waals surface area contributed by atoms with Gasteiger partial charge in [0.25, 0.3) is 0 Å². The van der Waals surface area contributed by atoms with E-state index in [0.29, 0.717) is 29.6 Å². The van der Waals surface area contributed by atoms with Gasteiger partial charge in [-0.1, -0.05) is 12.1 Å². The van der Waals surface area contributed by atoms with E-state index >= 15 is 0 Å². The molecule has 5 heteroatoms. The highest BCUT2D eigenvalue weighted by molar-refractivity contribution is 7.89. The molecule has 1 fully saturated rings. The molecule has 2 rings (SSSR count). The summed E-state index contributed by atoms with van der Waals surface area (Å²) in [6, 6.07) is 6.99. The van der Waals surface area contributed by atoms with Crippen LogP contribution in [0, 0.1) is 5.92 Å². The fraction of sp³-hybridized carbons (Fsp3) is 0.500. The van der Waals surface area contributed by atoms with Gasteiger partial charge in [-0.2, -0.15) is 0 Å². The monoisotopic (exact) mass is 254 g/mol. The summed E-state index contributed by atoms with van der Waals surface area (Å²) in [5, 5.41) is 3.07. The first-order valence-corrected chi connectivity index (χ1v) is 7.44. The molecule has 0 radical (unpaired) electrons. The van der Waals surface area contributed by atoms with Crippen molar-refractivity contribution < 1.29 is 8.42 Å². The van der Waals surface area contributed by atoms with Gasteiger partial charge in [-0.3, -0.25) is 0 Å². The highest BCUT2D eigenvalue weighted by atomic mass is 32.2. The van der Waals surface area contributed by atoms with Crippen molar-refractivity contribution in [3.63, 3.8) is 0 Å². The van der Waals surface area contributed by atoms with E-state index in [1.165, 1.54) is 0 Å². The quantitative estimate of drug-likeness (QED) is 0.814.